The molecular weight excluding hydrogens is 354 g/mol. The highest BCUT2D eigenvalue weighted by Crippen LogP contribution is 2.08. The SMILES string of the molecule is CC(C)CCNC(=O)OCCOCCNC(=O)COc1cn(C(C)C)nn1. The largest absolute Gasteiger partial charge is 0.465 e. The highest BCUT2D eigenvalue weighted by atomic mass is 16.6. The molecule has 10 heteroatoms. The number of nitrogens with one attached hydrogen (secondary N) is 2. The topological polar surface area (TPSA) is 117 Å². The van der Waals surface area contributed by atoms with Crippen molar-refractivity contribution in [2.75, 3.05) is 39.5 Å². The normalized spacial score (nSPS) is 10.9. The Hall–Kier alpha value is -2.36. The maximum absolute atomic E-state index is 11.7. The first kappa shape index (κ1) is 22.7. The van der Waals surface area contributed by atoms with E-state index in [2.05, 4.69) is 34.8 Å². The molecule has 154 valence electrons. The monoisotopic (exact) mass is 385 g/mol. The summed E-state index contributed by atoms with van der Waals surface area (Å²) in [6, 6.07) is 0.177. The molecule has 1 rings (SSSR count). The van der Waals surface area contributed by atoms with Gasteiger partial charge in [0.05, 0.1) is 19.4 Å². The molecular formula is C17H31N5O5. The van der Waals surface area contributed by atoms with Crippen LogP contribution in [0.3, 0.4) is 0 Å². The Morgan fingerprint density at radius 1 is 1.11 bits per heavy atom. The predicted octanol–water partition coefficient (Wildman–Crippen LogP) is 1.14. The second-order valence-electron chi connectivity index (χ2n) is 6.63. The number of rotatable bonds is 13. The van der Waals surface area contributed by atoms with E-state index in [0.717, 1.165) is 6.42 Å². The first-order valence-corrected chi connectivity index (χ1v) is 9.18. The molecule has 1 aromatic heterocycles. The van der Waals surface area contributed by atoms with Gasteiger partial charge in [0.15, 0.2) is 6.61 Å². The second-order valence-corrected chi connectivity index (χ2v) is 6.63. The van der Waals surface area contributed by atoms with Gasteiger partial charge in [-0.15, -0.1) is 0 Å². The van der Waals surface area contributed by atoms with Crippen molar-refractivity contribution in [3.63, 3.8) is 0 Å². The zero-order valence-electron chi connectivity index (χ0n) is 16.6. The predicted molar refractivity (Wildman–Crippen MR) is 98.5 cm³/mol. The summed E-state index contributed by atoms with van der Waals surface area (Å²) in [5.74, 6) is 0.556. The molecule has 0 aliphatic heterocycles. The van der Waals surface area contributed by atoms with Gasteiger partial charge in [-0.2, -0.15) is 0 Å². The molecule has 10 nitrogen and oxygen atoms in total. The highest BCUT2D eigenvalue weighted by Gasteiger charge is 2.07. The average Bonchev–Trinajstić information content (AvgIpc) is 3.08. The molecule has 0 bridgehead atoms. The Balaban J connectivity index is 1.96. The number of aromatic nitrogens is 3. The minimum absolute atomic E-state index is 0.142. The van der Waals surface area contributed by atoms with Crippen LogP contribution in [0.2, 0.25) is 0 Å². The maximum atomic E-state index is 11.7. The van der Waals surface area contributed by atoms with Crippen LogP contribution >= 0.6 is 0 Å². The van der Waals surface area contributed by atoms with E-state index in [0.29, 0.717) is 31.5 Å². The van der Waals surface area contributed by atoms with Gasteiger partial charge in [-0.05, 0) is 26.2 Å². The molecule has 0 unspecified atom stereocenters. The Labute approximate surface area is 159 Å². The van der Waals surface area contributed by atoms with Gasteiger partial charge in [-0.25, -0.2) is 9.48 Å². The number of nitrogens with zero attached hydrogens (tertiary/aromatic N) is 3. The van der Waals surface area contributed by atoms with Gasteiger partial charge in [0.2, 0.25) is 0 Å². The number of carbonyl (C=O) groups excluding carboxylic acids is 2. The first-order chi connectivity index (χ1) is 12.9. The van der Waals surface area contributed by atoms with Crippen LogP contribution in [-0.4, -0.2) is 66.5 Å². The van der Waals surface area contributed by atoms with Crippen LogP contribution in [0.15, 0.2) is 6.20 Å². The summed E-state index contributed by atoms with van der Waals surface area (Å²) in [5, 5.41) is 13.0. The Morgan fingerprint density at radius 2 is 1.89 bits per heavy atom. The van der Waals surface area contributed by atoms with Crippen LogP contribution in [0.5, 0.6) is 5.88 Å². The molecule has 0 aliphatic carbocycles. The number of amides is 2. The van der Waals surface area contributed by atoms with E-state index in [9.17, 15) is 9.59 Å². The molecule has 1 heterocycles. The smallest absolute Gasteiger partial charge is 0.407 e. The number of ether oxygens (including phenoxy) is 3. The molecule has 27 heavy (non-hydrogen) atoms. The summed E-state index contributed by atoms with van der Waals surface area (Å²) in [5.41, 5.74) is 0. The average molecular weight is 385 g/mol. The van der Waals surface area contributed by atoms with E-state index in [4.69, 9.17) is 14.2 Å². The standard InChI is InChI=1S/C17H31N5O5/c1-13(2)5-6-19-17(24)26-10-9-25-8-7-18-15(23)12-27-16-11-22(14(3)4)21-20-16/h11,13-14H,5-10,12H2,1-4H3,(H,18,23)(H,19,24). The molecule has 0 aromatic carbocycles. The number of hydrogen-bond donors (Lipinski definition) is 2. The van der Waals surface area contributed by atoms with Crippen molar-refractivity contribution in [3.05, 3.63) is 6.20 Å². The molecule has 0 saturated heterocycles. The van der Waals surface area contributed by atoms with Crippen LogP contribution in [0.25, 0.3) is 0 Å². The van der Waals surface area contributed by atoms with Crippen LogP contribution in [0.1, 0.15) is 40.2 Å². The summed E-state index contributed by atoms with van der Waals surface area (Å²) in [4.78, 5) is 23.0. The van der Waals surface area contributed by atoms with Crippen molar-refractivity contribution in [2.24, 2.45) is 5.92 Å². The third-order valence-corrected chi connectivity index (χ3v) is 3.39. The number of hydrogen-bond acceptors (Lipinski definition) is 7. The van der Waals surface area contributed by atoms with Crippen LogP contribution < -0.4 is 15.4 Å². The van der Waals surface area contributed by atoms with E-state index in [1.54, 1.807) is 10.9 Å². The van der Waals surface area contributed by atoms with Gasteiger partial charge >= 0.3 is 6.09 Å². The van der Waals surface area contributed by atoms with E-state index in [1.165, 1.54) is 0 Å². The zero-order chi connectivity index (χ0) is 20.1. The zero-order valence-corrected chi connectivity index (χ0v) is 16.6. The summed E-state index contributed by atoms with van der Waals surface area (Å²) < 4.78 is 17.1. The van der Waals surface area contributed by atoms with Gasteiger partial charge < -0.3 is 24.8 Å². The molecule has 0 aliphatic rings. The van der Waals surface area contributed by atoms with Gasteiger partial charge in [0.25, 0.3) is 11.8 Å². The van der Waals surface area contributed by atoms with Crippen molar-refractivity contribution < 1.29 is 23.8 Å². The molecule has 0 radical (unpaired) electrons. The summed E-state index contributed by atoms with van der Waals surface area (Å²) in [6.07, 6.45) is 2.10. The lowest BCUT2D eigenvalue weighted by Crippen LogP contribution is -2.32. The van der Waals surface area contributed by atoms with E-state index < -0.39 is 6.09 Å². The summed E-state index contributed by atoms with van der Waals surface area (Å²) >= 11 is 0. The molecule has 0 atom stereocenters. The lowest BCUT2D eigenvalue weighted by molar-refractivity contribution is -0.123. The van der Waals surface area contributed by atoms with Crippen LogP contribution in [0.4, 0.5) is 4.79 Å². The van der Waals surface area contributed by atoms with E-state index >= 15 is 0 Å². The molecule has 2 N–H and O–H groups in total. The fourth-order valence-electron chi connectivity index (χ4n) is 1.84. The molecule has 1 aromatic rings. The fourth-order valence-corrected chi connectivity index (χ4v) is 1.84. The van der Waals surface area contributed by atoms with Crippen molar-refractivity contribution >= 4 is 12.0 Å². The fraction of sp³-hybridized carbons (Fsp3) is 0.765. The number of alkyl carbamates (subject to hydrolysis) is 1. The molecule has 0 saturated carbocycles. The van der Waals surface area contributed by atoms with Crippen molar-refractivity contribution in [1.29, 1.82) is 0 Å². The van der Waals surface area contributed by atoms with Crippen LogP contribution in [0, 0.1) is 5.92 Å². The Morgan fingerprint density at radius 3 is 2.56 bits per heavy atom. The summed E-state index contributed by atoms with van der Waals surface area (Å²) in [6.45, 7) is 9.64. The quantitative estimate of drug-likeness (QED) is 0.489. The maximum Gasteiger partial charge on any atom is 0.407 e. The Bertz CT molecular complexity index is 562. The Kier molecular flexibility index (Phi) is 10.8. The number of carbonyl (C=O) groups is 2. The lowest BCUT2D eigenvalue weighted by Gasteiger charge is -2.09. The molecule has 0 spiro atoms. The van der Waals surface area contributed by atoms with Gasteiger partial charge in [-0.1, -0.05) is 24.2 Å². The van der Waals surface area contributed by atoms with E-state index in [-0.39, 0.29) is 31.8 Å². The third kappa shape index (κ3) is 11.1. The van der Waals surface area contributed by atoms with Gasteiger partial charge in [-0.3, -0.25) is 4.79 Å². The van der Waals surface area contributed by atoms with Gasteiger partial charge in [0.1, 0.15) is 6.61 Å². The van der Waals surface area contributed by atoms with E-state index in [1.807, 2.05) is 13.8 Å². The minimum Gasteiger partial charge on any atom is -0.465 e. The van der Waals surface area contributed by atoms with Crippen molar-refractivity contribution in [1.82, 2.24) is 25.6 Å². The summed E-state index contributed by atoms with van der Waals surface area (Å²) in [7, 11) is 0. The molecule has 0 fully saturated rings. The van der Waals surface area contributed by atoms with Crippen molar-refractivity contribution in [3.8, 4) is 5.88 Å². The van der Waals surface area contributed by atoms with Gasteiger partial charge in [0, 0.05) is 19.1 Å². The van der Waals surface area contributed by atoms with Crippen molar-refractivity contribution in [2.45, 2.75) is 40.2 Å². The lowest BCUT2D eigenvalue weighted by atomic mass is 10.1. The second kappa shape index (κ2) is 12.9. The minimum atomic E-state index is -0.445. The first-order valence-electron chi connectivity index (χ1n) is 9.18. The third-order valence-electron chi connectivity index (χ3n) is 3.39. The molecule has 2 amide bonds. The highest BCUT2D eigenvalue weighted by molar-refractivity contribution is 5.77. The van der Waals surface area contributed by atoms with Crippen LogP contribution in [-0.2, 0) is 14.3 Å².